The lowest BCUT2D eigenvalue weighted by Crippen LogP contribution is -2.32. The van der Waals surface area contributed by atoms with Gasteiger partial charge in [-0.25, -0.2) is 10.5 Å². The number of hydrogen-bond donors (Lipinski definition) is 0. The average Bonchev–Trinajstić information content (AvgIpc) is 2.95. The third-order valence-corrected chi connectivity index (χ3v) is 8.85. The highest BCUT2D eigenvalue weighted by Crippen LogP contribution is 2.15. The summed E-state index contributed by atoms with van der Waals surface area (Å²) in [6.45, 7) is 6.16. The number of nitrogens with zero attached hydrogens (tertiary/aromatic N) is 1. The van der Waals surface area contributed by atoms with Crippen molar-refractivity contribution < 1.29 is 4.79 Å². The Bertz CT molecular complexity index is 445. The number of carbonyl (C=O) groups excluding carboxylic acids is 1. The molecule has 0 unspecified atom stereocenters. The van der Waals surface area contributed by atoms with Crippen LogP contribution in [-0.2, 0) is 0 Å². The minimum Gasteiger partial charge on any atom is -0.323 e. The summed E-state index contributed by atoms with van der Waals surface area (Å²) in [5.41, 5.74) is 7.60. The summed E-state index contributed by atoms with van der Waals surface area (Å²) in [6.07, 6.45) is 43.9. The van der Waals surface area contributed by atoms with E-state index < -0.39 is 6.03 Å². The summed E-state index contributed by atoms with van der Waals surface area (Å²) < 4.78 is 0. The summed E-state index contributed by atoms with van der Waals surface area (Å²) in [5, 5.41) is 0. The van der Waals surface area contributed by atoms with E-state index in [0.29, 0.717) is 0 Å². The van der Waals surface area contributed by atoms with E-state index in [4.69, 9.17) is 5.73 Å². The number of rotatable bonds is 34. The molecule has 0 aliphatic rings. The Kier molecular flexibility index (Phi) is 33.8. The van der Waals surface area contributed by atoms with E-state index in [2.05, 4.69) is 13.8 Å². The Hall–Kier alpha value is -0.730. The Balaban J connectivity index is 3.37. The van der Waals surface area contributed by atoms with Gasteiger partial charge in [0.05, 0.1) is 0 Å². The van der Waals surface area contributed by atoms with Crippen molar-refractivity contribution in [2.75, 3.05) is 13.1 Å². The molecule has 0 aromatic heterocycles. The van der Waals surface area contributed by atoms with Crippen LogP contribution in [0.4, 0.5) is 4.79 Å². The second kappa shape index (κ2) is 34.5. The molecule has 0 aliphatic heterocycles. The number of amides is 2. The lowest BCUT2D eigenvalue weighted by molar-refractivity contribution is 0.203. The van der Waals surface area contributed by atoms with Gasteiger partial charge in [-0.05, 0) is 12.8 Å². The van der Waals surface area contributed by atoms with Gasteiger partial charge in [0.25, 0.3) is 0 Å². The monoisotopic (exact) mass is 564 g/mol. The lowest BCUT2D eigenvalue weighted by Gasteiger charge is -2.19. The van der Waals surface area contributed by atoms with E-state index in [0.717, 1.165) is 25.9 Å². The van der Waals surface area contributed by atoms with Crippen molar-refractivity contribution in [3.8, 4) is 0 Å². The summed E-state index contributed by atoms with van der Waals surface area (Å²) in [5.74, 6) is 0. The zero-order chi connectivity index (χ0) is 29.2. The standard InChI is InChI=1S/C37H75N2O/c1-3-5-7-9-11-13-15-17-19-21-23-25-27-29-31-33-35-39(37(38)40)36-34-32-30-28-26-24-22-20-18-16-14-12-10-8-6-4-2/h38H,3-36H2,1-2H3. The Labute approximate surface area is 253 Å². The van der Waals surface area contributed by atoms with Crippen LogP contribution < -0.4 is 5.73 Å². The molecule has 0 saturated heterocycles. The molecule has 3 heteroatoms. The van der Waals surface area contributed by atoms with Crippen LogP contribution in [0.25, 0.3) is 0 Å². The summed E-state index contributed by atoms with van der Waals surface area (Å²) >= 11 is 0. The molecule has 0 heterocycles. The highest BCUT2D eigenvalue weighted by Gasteiger charge is 2.09. The van der Waals surface area contributed by atoms with Crippen LogP contribution in [-0.4, -0.2) is 24.0 Å². The van der Waals surface area contributed by atoms with Gasteiger partial charge < -0.3 is 4.90 Å². The molecule has 0 spiro atoms. The van der Waals surface area contributed by atoms with E-state index in [9.17, 15) is 4.79 Å². The van der Waals surface area contributed by atoms with Crippen molar-refractivity contribution in [2.24, 2.45) is 0 Å². The van der Waals surface area contributed by atoms with Gasteiger partial charge in [0, 0.05) is 13.1 Å². The van der Waals surface area contributed by atoms with Crippen LogP contribution in [0.15, 0.2) is 0 Å². The third kappa shape index (κ3) is 31.8. The molecule has 0 fully saturated rings. The maximum atomic E-state index is 11.7. The van der Waals surface area contributed by atoms with E-state index in [-0.39, 0.29) is 0 Å². The molecule has 0 aromatic carbocycles. The third-order valence-electron chi connectivity index (χ3n) is 8.85. The van der Waals surface area contributed by atoms with Gasteiger partial charge in [0.1, 0.15) is 0 Å². The van der Waals surface area contributed by atoms with Crippen LogP contribution in [0.5, 0.6) is 0 Å². The molecule has 0 aliphatic carbocycles. The normalized spacial score (nSPS) is 11.3. The Morgan fingerprint density at radius 2 is 0.525 bits per heavy atom. The number of nitrogens with one attached hydrogen (secondary N) is 1. The molecule has 40 heavy (non-hydrogen) atoms. The van der Waals surface area contributed by atoms with Crippen molar-refractivity contribution in [1.82, 2.24) is 10.6 Å². The number of hydrogen-bond acceptors (Lipinski definition) is 1. The zero-order valence-corrected chi connectivity index (χ0v) is 27.9. The van der Waals surface area contributed by atoms with Crippen molar-refractivity contribution in [3.63, 3.8) is 0 Å². The van der Waals surface area contributed by atoms with Gasteiger partial charge in [-0.15, -0.1) is 0 Å². The molecule has 0 aromatic rings. The molecule has 3 nitrogen and oxygen atoms in total. The lowest BCUT2D eigenvalue weighted by atomic mass is 10.0. The van der Waals surface area contributed by atoms with Crippen molar-refractivity contribution in [1.29, 1.82) is 0 Å². The molecule has 2 amide bonds. The highest BCUT2D eigenvalue weighted by molar-refractivity contribution is 5.71. The quantitative estimate of drug-likeness (QED) is 0.0718. The molecule has 1 radical (unpaired) electrons. The molecule has 239 valence electrons. The second-order valence-electron chi connectivity index (χ2n) is 12.9. The molecule has 0 saturated carbocycles. The number of urea groups is 1. The van der Waals surface area contributed by atoms with Gasteiger partial charge in [-0.3, -0.25) is 0 Å². The minimum absolute atomic E-state index is 0.470. The first-order valence-electron chi connectivity index (χ1n) is 18.7. The van der Waals surface area contributed by atoms with Crippen molar-refractivity contribution in [2.45, 2.75) is 219 Å². The van der Waals surface area contributed by atoms with E-state index in [1.807, 2.05) is 0 Å². The van der Waals surface area contributed by atoms with Gasteiger partial charge in [-0.1, -0.05) is 206 Å². The maximum absolute atomic E-state index is 11.7. The summed E-state index contributed by atoms with van der Waals surface area (Å²) in [4.78, 5) is 13.5. The Morgan fingerprint density at radius 3 is 0.700 bits per heavy atom. The van der Waals surface area contributed by atoms with Gasteiger partial charge in [0.15, 0.2) is 0 Å². The molecular formula is C37H75N2O. The summed E-state index contributed by atoms with van der Waals surface area (Å²) in [6, 6.07) is -0.470. The SMILES string of the molecule is CCCCCCCCCCCCCCCCCCN(CCCCCCCCCCCCCCCCCC)C([NH])=O. The molecular weight excluding hydrogens is 488 g/mol. The van der Waals surface area contributed by atoms with Crippen LogP contribution in [0, 0.1) is 0 Å². The van der Waals surface area contributed by atoms with Gasteiger partial charge in [0.2, 0.25) is 0 Å². The first kappa shape index (κ1) is 39.3. The average molecular weight is 564 g/mol. The zero-order valence-electron chi connectivity index (χ0n) is 27.9. The molecule has 0 rings (SSSR count). The van der Waals surface area contributed by atoms with Crippen LogP contribution in [0.1, 0.15) is 219 Å². The van der Waals surface area contributed by atoms with Crippen LogP contribution in [0.3, 0.4) is 0 Å². The number of unbranched alkanes of at least 4 members (excludes halogenated alkanes) is 30. The van der Waals surface area contributed by atoms with Crippen molar-refractivity contribution >= 4 is 6.03 Å². The first-order valence-corrected chi connectivity index (χ1v) is 18.7. The van der Waals surface area contributed by atoms with Crippen LogP contribution >= 0.6 is 0 Å². The maximum Gasteiger partial charge on any atom is 0.336 e. The summed E-state index contributed by atoms with van der Waals surface area (Å²) in [7, 11) is 0. The van der Waals surface area contributed by atoms with Crippen molar-refractivity contribution in [3.05, 3.63) is 0 Å². The number of carbonyl (C=O) groups is 1. The van der Waals surface area contributed by atoms with Gasteiger partial charge in [-0.2, -0.15) is 0 Å². The second-order valence-corrected chi connectivity index (χ2v) is 12.9. The van der Waals surface area contributed by atoms with Gasteiger partial charge >= 0.3 is 6.03 Å². The van der Waals surface area contributed by atoms with Crippen LogP contribution in [0.2, 0.25) is 0 Å². The highest BCUT2D eigenvalue weighted by atomic mass is 16.2. The smallest absolute Gasteiger partial charge is 0.323 e. The predicted molar refractivity (Wildman–Crippen MR) is 179 cm³/mol. The van der Waals surface area contributed by atoms with E-state index in [1.54, 1.807) is 4.90 Å². The largest absolute Gasteiger partial charge is 0.336 e. The topological polar surface area (TPSA) is 44.1 Å². The molecule has 0 atom stereocenters. The fraction of sp³-hybridized carbons (Fsp3) is 0.973. The fourth-order valence-electron chi connectivity index (χ4n) is 6.02. The predicted octanol–water partition coefficient (Wildman–Crippen LogP) is 13.2. The van der Waals surface area contributed by atoms with E-state index in [1.165, 1.54) is 193 Å². The Morgan fingerprint density at radius 1 is 0.350 bits per heavy atom. The fourth-order valence-corrected chi connectivity index (χ4v) is 6.02. The minimum atomic E-state index is -0.470. The first-order chi connectivity index (χ1) is 19.7. The molecule has 0 bridgehead atoms. The molecule has 1 N–H and O–H groups in total. The van der Waals surface area contributed by atoms with E-state index >= 15 is 0 Å².